The number of aliphatic imine (C=N–C) groups is 1. The molecule has 6 heteroatoms. The molecule has 1 heterocycles. The first-order chi connectivity index (χ1) is 8.77. The van der Waals surface area contributed by atoms with Gasteiger partial charge in [-0.2, -0.15) is 0 Å². The van der Waals surface area contributed by atoms with Crippen molar-refractivity contribution in [2.24, 2.45) is 4.99 Å². The summed E-state index contributed by atoms with van der Waals surface area (Å²) in [5.41, 5.74) is 0.683. The van der Waals surface area contributed by atoms with E-state index in [0.717, 1.165) is 0 Å². The van der Waals surface area contributed by atoms with Crippen molar-refractivity contribution in [1.82, 2.24) is 4.98 Å². The number of phenols is 1. The zero-order valence-corrected chi connectivity index (χ0v) is 12.4. The number of hydrogen-bond acceptors (Lipinski definition) is 3. The van der Waals surface area contributed by atoms with E-state index in [-0.39, 0.29) is 5.75 Å². The average molecular weight is 317 g/mol. The third-order valence-corrected chi connectivity index (χ3v) is 1.92. The number of aromatic hydroxyl groups is 1. The van der Waals surface area contributed by atoms with Gasteiger partial charge in [0, 0.05) is 18.0 Å². The maximum absolute atomic E-state index is 9.48. The van der Waals surface area contributed by atoms with Gasteiger partial charge in [0.2, 0.25) is 0 Å². The first-order valence-electron chi connectivity index (χ1n) is 4.97. The molecule has 0 radical (unpaired) electrons. The van der Waals surface area contributed by atoms with Crippen molar-refractivity contribution in [3.63, 3.8) is 0 Å². The van der Waals surface area contributed by atoms with Crippen LogP contribution in [0.15, 0.2) is 53.7 Å². The molecule has 1 aromatic carbocycles. The van der Waals surface area contributed by atoms with E-state index >= 15 is 0 Å². The van der Waals surface area contributed by atoms with Crippen molar-refractivity contribution in [2.75, 3.05) is 0 Å². The standard InChI is InChI=1S/C12H10N2O.2ClH.Ti/c15-11-6-2-1-5-10(11)9-14-12-7-3-4-8-13-12;;;/h1-9,15H;2*1H;/q;;;+2/p-2. The Bertz CT molecular complexity index is 494. The van der Waals surface area contributed by atoms with Crippen LogP contribution in [-0.4, -0.2) is 16.3 Å². The van der Waals surface area contributed by atoms with Gasteiger partial charge in [0.05, 0.1) is 0 Å². The van der Waals surface area contributed by atoms with E-state index in [0.29, 0.717) is 11.4 Å². The van der Waals surface area contributed by atoms with Crippen LogP contribution in [0.25, 0.3) is 0 Å². The average Bonchev–Trinajstić information content (AvgIpc) is 2.40. The Labute approximate surface area is 122 Å². The topological polar surface area (TPSA) is 45.5 Å². The number of rotatable bonds is 2. The van der Waals surface area contributed by atoms with E-state index in [1.54, 1.807) is 36.7 Å². The number of hydrogen-bond donors (Lipinski definition) is 1. The minimum atomic E-state index is -0.556. The molecule has 92 valence electrons. The molecule has 2 rings (SSSR count). The Morgan fingerprint density at radius 2 is 1.78 bits per heavy atom. The fourth-order valence-corrected chi connectivity index (χ4v) is 1.16. The molecule has 1 aromatic heterocycles. The van der Waals surface area contributed by atoms with Crippen LogP contribution in [0.4, 0.5) is 5.82 Å². The van der Waals surface area contributed by atoms with Gasteiger partial charge in [-0.1, -0.05) is 18.2 Å². The third kappa shape index (κ3) is 5.65. The maximum atomic E-state index is 9.48. The molecule has 18 heavy (non-hydrogen) atoms. The van der Waals surface area contributed by atoms with Crippen molar-refractivity contribution in [2.45, 2.75) is 0 Å². The summed E-state index contributed by atoms with van der Waals surface area (Å²) in [7, 11) is 9.78. The summed E-state index contributed by atoms with van der Waals surface area (Å²) in [6, 6.07) is 12.5. The van der Waals surface area contributed by atoms with Crippen LogP contribution in [-0.2, 0) is 17.0 Å². The molecule has 2 aromatic rings. The number of nitrogens with zero attached hydrogens (tertiary/aromatic N) is 2. The Hall–Kier alpha value is -0.866. The molecule has 0 unspecified atom stereocenters. The Balaban J connectivity index is 0.000000492. The van der Waals surface area contributed by atoms with Crippen molar-refractivity contribution in [3.8, 4) is 5.75 Å². The normalized spacial score (nSPS) is 9.67. The number of halogens is 2. The van der Waals surface area contributed by atoms with Crippen LogP contribution < -0.4 is 0 Å². The van der Waals surface area contributed by atoms with Gasteiger partial charge in [-0.3, -0.25) is 0 Å². The van der Waals surface area contributed by atoms with Gasteiger partial charge in [-0.25, -0.2) is 9.98 Å². The SMILES string of the molecule is Oc1ccccc1C=Nc1ccccn1.[Cl][Ti][Cl]. The second-order valence-corrected chi connectivity index (χ2v) is 5.66. The van der Waals surface area contributed by atoms with Gasteiger partial charge >= 0.3 is 35.6 Å². The zero-order chi connectivity index (χ0) is 13.2. The summed E-state index contributed by atoms with van der Waals surface area (Å²) in [6.45, 7) is 0. The Morgan fingerprint density at radius 1 is 1.11 bits per heavy atom. The number of phenolic OH excluding ortho intramolecular Hbond substituents is 1. The number of pyridine rings is 1. The summed E-state index contributed by atoms with van der Waals surface area (Å²) in [6.07, 6.45) is 3.27. The van der Waals surface area contributed by atoms with Gasteiger partial charge in [-0.15, -0.1) is 0 Å². The second-order valence-electron chi connectivity index (χ2n) is 3.08. The van der Waals surface area contributed by atoms with Crippen LogP contribution in [0.1, 0.15) is 5.56 Å². The number of aromatic nitrogens is 1. The van der Waals surface area contributed by atoms with Crippen LogP contribution in [0.3, 0.4) is 0 Å². The van der Waals surface area contributed by atoms with E-state index in [4.69, 9.17) is 18.6 Å². The monoisotopic (exact) mass is 316 g/mol. The second kappa shape index (κ2) is 9.12. The van der Waals surface area contributed by atoms with Gasteiger partial charge in [0.25, 0.3) is 0 Å². The fourth-order valence-electron chi connectivity index (χ4n) is 1.16. The van der Waals surface area contributed by atoms with Crippen molar-refractivity contribution < 1.29 is 22.1 Å². The molecule has 0 amide bonds. The fraction of sp³-hybridized carbons (Fsp3) is 0. The summed E-state index contributed by atoms with van der Waals surface area (Å²) in [4.78, 5) is 8.19. The molecule has 3 nitrogen and oxygen atoms in total. The van der Waals surface area contributed by atoms with Crippen molar-refractivity contribution >= 4 is 30.6 Å². The quantitative estimate of drug-likeness (QED) is 0.674. The Kier molecular flexibility index (Phi) is 7.69. The van der Waals surface area contributed by atoms with E-state index < -0.39 is 17.0 Å². The summed E-state index contributed by atoms with van der Waals surface area (Å²) in [5.74, 6) is 0.845. The molecule has 0 bridgehead atoms. The molecular weight excluding hydrogens is 307 g/mol. The van der Waals surface area contributed by atoms with Crippen LogP contribution in [0.2, 0.25) is 0 Å². The van der Waals surface area contributed by atoms with Gasteiger partial charge in [0.1, 0.15) is 5.75 Å². The first kappa shape index (κ1) is 15.2. The van der Waals surface area contributed by atoms with E-state index in [1.165, 1.54) is 0 Å². The predicted molar refractivity (Wildman–Crippen MR) is 71.3 cm³/mol. The number of benzene rings is 1. The summed E-state index contributed by atoms with van der Waals surface area (Å²) < 4.78 is 0. The van der Waals surface area contributed by atoms with E-state index in [9.17, 15) is 5.11 Å². The van der Waals surface area contributed by atoms with Crippen LogP contribution >= 0.6 is 18.6 Å². The predicted octanol–water partition coefficient (Wildman–Crippen LogP) is 3.91. The molecule has 0 saturated carbocycles. The van der Waals surface area contributed by atoms with Gasteiger partial charge in [-0.05, 0) is 24.3 Å². The molecule has 0 saturated heterocycles. The molecule has 0 aliphatic carbocycles. The Morgan fingerprint density at radius 3 is 2.39 bits per heavy atom. The van der Waals surface area contributed by atoms with Gasteiger partial charge < -0.3 is 5.11 Å². The summed E-state index contributed by atoms with van der Waals surface area (Å²) in [5, 5.41) is 9.48. The van der Waals surface area contributed by atoms with E-state index in [1.807, 2.05) is 18.2 Å². The van der Waals surface area contributed by atoms with Gasteiger partial charge in [0.15, 0.2) is 5.82 Å². The molecule has 0 aliphatic rings. The minimum absolute atomic E-state index is 0.220. The van der Waals surface area contributed by atoms with Crippen LogP contribution in [0, 0.1) is 0 Å². The van der Waals surface area contributed by atoms with E-state index in [2.05, 4.69) is 9.98 Å². The molecular formula is C12H10Cl2N2OTi. The zero-order valence-electron chi connectivity index (χ0n) is 9.29. The van der Waals surface area contributed by atoms with Crippen LogP contribution in [0.5, 0.6) is 5.75 Å². The summed E-state index contributed by atoms with van der Waals surface area (Å²) >= 11 is -0.556. The van der Waals surface area contributed by atoms with Crippen molar-refractivity contribution in [3.05, 3.63) is 54.2 Å². The number of para-hydroxylation sites is 1. The van der Waals surface area contributed by atoms with Crippen molar-refractivity contribution in [1.29, 1.82) is 0 Å². The molecule has 0 atom stereocenters. The third-order valence-electron chi connectivity index (χ3n) is 1.92. The first-order valence-corrected chi connectivity index (χ1v) is 9.27. The molecule has 0 aliphatic heterocycles. The molecule has 0 fully saturated rings. The molecule has 1 N–H and O–H groups in total. The molecule has 0 spiro atoms.